The summed E-state index contributed by atoms with van der Waals surface area (Å²) in [5.74, 6) is 1.47. The number of halogens is 1. The molecule has 0 unspecified atom stereocenters. The summed E-state index contributed by atoms with van der Waals surface area (Å²) in [7, 11) is 0. The Bertz CT molecular complexity index is 1120. The summed E-state index contributed by atoms with van der Waals surface area (Å²) in [5, 5.41) is 16.2. The summed E-state index contributed by atoms with van der Waals surface area (Å²) in [6.45, 7) is 9.81. The number of hydrogen-bond donors (Lipinski definition) is 1. The summed E-state index contributed by atoms with van der Waals surface area (Å²) < 4.78 is 13.9. The van der Waals surface area contributed by atoms with Crippen molar-refractivity contribution in [3.63, 3.8) is 0 Å². The summed E-state index contributed by atoms with van der Waals surface area (Å²) in [4.78, 5) is 2.28. The fourth-order valence-corrected chi connectivity index (χ4v) is 4.71. The van der Waals surface area contributed by atoms with Crippen LogP contribution in [0.4, 0.5) is 0 Å². The maximum absolute atomic E-state index is 11.2. The zero-order valence-electron chi connectivity index (χ0n) is 20.3. The van der Waals surface area contributed by atoms with E-state index < -0.39 is 5.60 Å². The molecule has 0 bridgehead atoms. The average molecular weight is 484 g/mol. The minimum atomic E-state index is -0.904. The molecule has 4 rings (SSSR count). The molecule has 182 valence electrons. The number of piperidine rings is 1. The molecule has 1 aromatic heterocycles. The molecule has 1 aliphatic rings. The number of aryl methyl sites for hydroxylation is 3. The van der Waals surface area contributed by atoms with Crippen molar-refractivity contribution in [2.75, 3.05) is 26.3 Å². The van der Waals surface area contributed by atoms with Crippen LogP contribution in [0, 0.1) is 20.8 Å². The Morgan fingerprint density at radius 1 is 1.09 bits per heavy atom. The minimum absolute atomic E-state index is 0.224. The van der Waals surface area contributed by atoms with Gasteiger partial charge in [-0.1, -0.05) is 29.8 Å². The van der Waals surface area contributed by atoms with Crippen molar-refractivity contribution >= 4 is 11.6 Å². The van der Waals surface area contributed by atoms with Crippen molar-refractivity contribution in [3.05, 3.63) is 76.1 Å². The van der Waals surface area contributed by atoms with Crippen LogP contribution in [0.15, 0.2) is 48.5 Å². The lowest BCUT2D eigenvalue weighted by Crippen LogP contribution is -2.51. The molecule has 7 heteroatoms. The largest absolute Gasteiger partial charge is 0.492 e. The van der Waals surface area contributed by atoms with E-state index in [-0.39, 0.29) is 6.61 Å². The van der Waals surface area contributed by atoms with E-state index >= 15 is 0 Å². The van der Waals surface area contributed by atoms with Crippen LogP contribution in [-0.4, -0.2) is 51.7 Å². The number of β-amino-alcohol motifs (C(OH)–C–C–N with tert-alkyl or cyclic N) is 1. The number of ether oxygens (including phenoxy) is 2. The third kappa shape index (κ3) is 6.53. The lowest BCUT2D eigenvalue weighted by Gasteiger charge is -2.39. The first-order valence-corrected chi connectivity index (χ1v) is 12.2. The minimum Gasteiger partial charge on any atom is -0.492 e. The van der Waals surface area contributed by atoms with Crippen LogP contribution in [0.2, 0.25) is 5.02 Å². The number of aromatic nitrogens is 2. The summed E-state index contributed by atoms with van der Waals surface area (Å²) in [5.41, 5.74) is 3.50. The molecule has 2 aromatic carbocycles. The Morgan fingerprint density at radius 2 is 1.94 bits per heavy atom. The van der Waals surface area contributed by atoms with Gasteiger partial charge in [-0.3, -0.25) is 9.58 Å². The summed E-state index contributed by atoms with van der Waals surface area (Å²) >= 11 is 6.26. The van der Waals surface area contributed by atoms with Gasteiger partial charge in [0, 0.05) is 18.8 Å². The van der Waals surface area contributed by atoms with Crippen molar-refractivity contribution in [2.24, 2.45) is 0 Å². The summed E-state index contributed by atoms with van der Waals surface area (Å²) in [6.07, 6.45) is 1.63. The van der Waals surface area contributed by atoms with Crippen molar-refractivity contribution in [3.8, 4) is 11.5 Å². The number of rotatable bonds is 9. The van der Waals surface area contributed by atoms with Crippen molar-refractivity contribution < 1.29 is 14.6 Å². The SMILES string of the molecule is Cc1ccc(Cl)c(OC[C@]2(O)CCCN(Cc3cccc(OCCn4nc(C)cc4C)c3)C2)c1. The molecule has 2 heterocycles. The second-order valence-corrected chi connectivity index (χ2v) is 9.81. The molecule has 0 saturated carbocycles. The van der Waals surface area contributed by atoms with Gasteiger partial charge in [0.25, 0.3) is 0 Å². The van der Waals surface area contributed by atoms with Crippen LogP contribution in [0.3, 0.4) is 0 Å². The van der Waals surface area contributed by atoms with Crippen LogP contribution in [0.5, 0.6) is 11.5 Å². The van der Waals surface area contributed by atoms with Crippen molar-refractivity contribution in [2.45, 2.75) is 52.3 Å². The lowest BCUT2D eigenvalue weighted by molar-refractivity contribution is -0.0621. The highest BCUT2D eigenvalue weighted by atomic mass is 35.5. The number of likely N-dealkylation sites (tertiary alicyclic amines) is 1. The predicted octanol–water partition coefficient (Wildman–Crippen LogP) is 4.95. The molecule has 6 nitrogen and oxygen atoms in total. The van der Waals surface area contributed by atoms with Crippen LogP contribution in [-0.2, 0) is 13.1 Å². The molecule has 1 saturated heterocycles. The first kappa shape index (κ1) is 24.6. The molecule has 3 aromatic rings. The quantitative estimate of drug-likeness (QED) is 0.466. The van der Waals surface area contributed by atoms with E-state index in [9.17, 15) is 5.11 Å². The monoisotopic (exact) mass is 483 g/mol. The molecular weight excluding hydrogens is 450 g/mol. The molecule has 1 atom stereocenters. The Balaban J connectivity index is 1.30. The van der Waals surface area contributed by atoms with Gasteiger partial charge in [0.1, 0.15) is 30.3 Å². The van der Waals surface area contributed by atoms with Gasteiger partial charge in [-0.05, 0) is 81.6 Å². The van der Waals surface area contributed by atoms with E-state index in [1.165, 1.54) is 0 Å². The highest BCUT2D eigenvalue weighted by molar-refractivity contribution is 6.32. The zero-order valence-corrected chi connectivity index (χ0v) is 21.0. The van der Waals surface area contributed by atoms with Gasteiger partial charge in [-0.15, -0.1) is 0 Å². The molecule has 0 aliphatic carbocycles. The van der Waals surface area contributed by atoms with Crippen LogP contribution >= 0.6 is 11.6 Å². The van der Waals surface area contributed by atoms with Gasteiger partial charge < -0.3 is 14.6 Å². The van der Waals surface area contributed by atoms with Crippen LogP contribution < -0.4 is 9.47 Å². The third-order valence-corrected chi connectivity index (χ3v) is 6.51. The maximum atomic E-state index is 11.2. The highest BCUT2D eigenvalue weighted by Gasteiger charge is 2.34. The van der Waals surface area contributed by atoms with Crippen LogP contribution in [0.25, 0.3) is 0 Å². The molecular formula is C27H34ClN3O3. The Kier molecular flexibility index (Phi) is 7.81. The van der Waals surface area contributed by atoms with Gasteiger partial charge >= 0.3 is 0 Å². The predicted molar refractivity (Wildman–Crippen MR) is 135 cm³/mol. The Hall–Kier alpha value is -2.54. The maximum Gasteiger partial charge on any atom is 0.138 e. The number of benzene rings is 2. The van der Waals surface area contributed by atoms with Crippen molar-refractivity contribution in [1.29, 1.82) is 0 Å². The van der Waals surface area contributed by atoms with Crippen molar-refractivity contribution in [1.82, 2.24) is 14.7 Å². The summed E-state index contributed by atoms with van der Waals surface area (Å²) in [6, 6.07) is 15.9. The van der Waals surface area contributed by atoms with Gasteiger partial charge in [-0.25, -0.2) is 0 Å². The standard InChI is InChI=1S/C27H34ClN3O3/c1-20-8-9-25(28)26(14-20)34-19-27(32)10-5-11-30(18-27)17-23-6-4-7-24(16-23)33-13-12-31-22(3)15-21(2)29-31/h4,6-9,14-16,32H,5,10-13,17-19H2,1-3H3/t27-/m0/s1. The number of hydrogen-bond acceptors (Lipinski definition) is 5. The van der Waals surface area contributed by atoms with E-state index in [4.69, 9.17) is 21.1 Å². The molecule has 1 aliphatic heterocycles. The second-order valence-electron chi connectivity index (χ2n) is 9.41. The van der Waals surface area contributed by atoms with E-state index in [2.05, 4.69) is 35.1 Å². The normalized spacial score (nSPS) is 18.7. The zero-order chi connectivity index (χ0) is 24.1. The fraction of sp³-hybridized carbons (Fsp3) is 0.444. The van der Waals surface area contributed by atoms with Crippen LogP contribution in [0.1, 0.15) is 35.4 Å². The Labute approximate surface area is 207 Å². The van der Waals surface area contributed by atoms with E-state index in [1.54, 1.807) is 0 Å². The first-order valence-electron chi connectivity index (χ1n) is 11.9. The molecule has 0 radical (unpaired) electrons. The third-order valence-electron chi connectivity index (χ3n) is 6.20. The number of nitrogens with zero attached hydrogens (tertiary/aromatic N) is 3. The topological polar surface area (TPSA) is 59.8 Å². The first-order chi connectivity index (χ1) is 16.3. The van der Waals surface area contributed by atoms with Gasteiger partial charge in [0.15, 0.2) is 0 Å². The second kappa shape index (κ2) is 10.8. The Morgan fingerprint density at radius 3 is 2.74 bits per heavy atom. The van der Waals surface area contributed by atoms with E-state index in [1.807, 2.05) is 48.9 Å². The highest BCUT2D eigenvalue weighted by Crippen LogP contribution is 2.29. The average Bonchev–Trinajstić information content (AvgIpc) is 3.11. The fourth-order valence-electron chi connectivity index (χ4n) is 4.54. The van der Waals surface area contributed by atoms with E-state index in [0.717, 1.165) is 47.8 Å². The molecule has 0 spiro atoms. The van der Waals surface area contributed by atoms with Gasteiger partial charge in [-0.2, -0.15) is 5.10 Å². The van der Waals surface area contributed by atoms with Gasteiger partial charge in [0.05, 0.1) is 17.3 Å². The number of aliphatic hydroxyl groups is 1. The van der Waals surface area contributed by atoms with Gasteiger partial charge in [0.2, 0.25) is 0 Å². The smallest absolute Gasteiger partial charge is 0.138 e. The lowest BCUT2D eigenvalue weighted by atomic mass is 9.93. The molecule has 34 heavy (non-hydrogen) atoms. The molecule has 1 N–H and O–H groups in total. The molecule has 0 amide bonds. The molecule has 1 fully saturated rings. The van der Waals surface area contributed by atoms with E-state index in [0.29, 0.717) is 36.9 Å².